The molecular formula is C11H12N6. The van der Waals surface area contributed by atoms with E-state index < -0.39 is 0 Å². The molecule has 0 aliphatic heterocycles. The van der Waals surface area contributed by atoms with Gasteiger partial charge >= 0.3 is 0 Å². The van der Waals surface area contributed by atoms with E-state index in [0.29, 0.717) is 17.9 Å². The van der Waals surface area contributed by atoms with Crippen LogP contribution in [-0.2, 0) is 13.5 Å². The molecule has 0 aromatic carbocycles. The van der Waals surface area contributed by atoms with Crippen LogP contribution in [0.4, 0.5) is 5.82 Å². The number of hydrogen-bond acceptors (Lipinski definition) is 5. The van der Waals surface area contributed by atoms with E-state index in [-0.39, 0.29) is 0 Å². The zero-order valence-corrected chi connectivity index (χ0v) is 9.46. The Bertz CT molecular complexity index is 539. The van der Waals surface area contributed by atoms with E-state index in [0.717, 1.165) is 12.2 Å². The summed E-state index contributed by atoms with van der Waals surface area (Å²) < 4.78 is 1.87. The van der Waals surface area contributed by atoms with Crippen LogP contribution in [0.5, 0.6) is 0 Å². The summed E-state index contributed by atoms with van der Waals surface area (Å²) in [5.74, 6) is 1.50. The van der Waals surface area contributed by atoms with Crippen molar-refractivity contribution in [3.63, 3.8) is 0 Å². The third-order valence-corrected chi connectivity index (χ3v) is 2.37. The molecule has 0 aliphatic carbocycles. The Kier molecular flexibility index (Phi) is 3.31. The average Bonchev–Trinajstić information content (AvgIpc) is 2.76. The fraction of sp³-hybridized carbons (Fsp3) is 0.273. The topological polar surface area (TPSA) is 79.4 Å². The smallest absolute Gasteiger partial charge is 0.143 e. The molecule has 0 saturated carbocycles. The molecule has 0 radical (unpaired) electrons. The van der Waals surface area contributed by atoms with Gasteiger partial charge in [0.15, 0.2) is 0 Å². The van der Waals surface area contributed by atoms with Crippen molar-refractivity contribution in [3.8, 4) is 6.07 Å². The second kappa shape index (κ2) is 5.07. The maximum atomic E-state index is 8.89. The Hall–Kier alpha value is -2.42. The van der Waals surface area contributed by atoms with Crippen molar-refractivity contribution in [2.75, 3.05) is 11.9 Å². The van der Waals surface area contributed by atoms with Crippen LogP contribution in [0.2, 0.25) is 0 Å². The first-order chi connectivity index (χ1) is 8.31. The van der Waals surface area contributed by atoms with Crippen molar-refractivity contribution in [2.45, 2.75) is 6.42 Å². The van der Waals surface area contributed by atoms with Gasteiger partial charge in [-0.1, -0.05) is 0 Å². The summed E-state index contributed by atoms with van der Waals surface area (Å²) >= 11 is 0. The molecule has 0 amide bonds. The SMILES string of the molecule is Cn1cnnc1CCNc1ncccc1C#N. The average molecular weight is 228 g/mol. The minimum absolute atomic E-state index is 0.547. The second-order valence-corrected chi connectivity index (χ2v) is 3.55. The molecule has 0 aliphatic rings. The van der Waals surface area contributed by atoms with Crippen LogP contribution in [0.15, 0.2) is 24.7 Å². The molecule has 2 rings (SSSR count). The largest absolute Gasteiger partial charge is 0.369 e. The van der Waals surface area contributed by atoms with Crippen molar-refractivity contribution in [1.82, 2.24) is 19.7 Å². The standard InChI is InChI=1S/C11H12N6/c1-17-8-15-16-10(17)4-6-14-11-9(7-12)3-2-5-13-11/h2-3,5,8H,4,6H2,1H3,(H,13,14). The quantitative estimate of drug-likeness (QED) is 0.834. The fourth-order valence-corrected chi connectivity index (χ4v) is 1.46. The van der Waals surface area contributed by atoms with E-state index >= 15 is 0 Å². The van der Waals surface area contributed by atoms with E-state index in [9.17, 15) is 0 Å². The van der Waals surface area contributed by atoms with E-state index in [1.165, 1.54) is 0 Å². The molecule has 0 atom stereocenters. The molecule has 6 heteroatoms. The summed E-state index contributed by atoms with van der Waals surface area (Å²) in [7, 11) is 1.90. The summed E-state index contributed by atoms with van der Waals surface area (Å²) in [5, 5.41) is 19.8. The van der Waals surface area contributed by atoms with Crippen molar-refractivity contribution in [2.24, 2.45) is 7.05 Å². The van der Waals surface area contributed by atoms with Gasteiger partial charge in [-0.3, -0.25) is 0 Å². The van der Waals surface area contributed by atoms with Gasteiger partial charge in [0.2, 0.25) is 0 Å². The summed E-state index contributed by atoms with van der Waals surface area (Å²) in [6.07, 6.45) is 4.06. The summed E-state index contributed by atoms with van der Waals surface area (Å²) in [6.45, 7) is 0.665. The predicted octanol–water partition coefficient (Wildman–Crippen LogP) is 0.736. The number of nitrogens with one attached hydrogen (secondary N) is 1. The molecule has 0 bridgehead atoms. The molecule has 0 unspecified atom stereocenters. The molecule has 2 aromatic heterocycles. The normalized spacial score (nSPS) is 9.88. The van der Waals surface area contributed by atoms with Crippen LogP contribution < -0.4 is 5.32 Å². The fourth-order valence-electron chi connectivity index (χ4n) is 1.46. The van der Waals surface area contributed by atoms with Crippen LogP contribution >= 0.6 is 0 Å². The number of pyridine rings is 1. The molecule has 2 aromatic rings. The molecule has 0 spiro atoms. The number of nitriles is 1. The zero-order chi connectivity index (χ0) is 12.1. The number of aryl methyl sites for hydroxylation is 1. The molecule has 6 nitrogen and oxygen atoms in total. The maximum absolute atomic E-state index is 8.89. The van der Waals surface area contributed by atoms with Gasteiger partial charge in [0.25, 0.3) is 0 Å². The summed E-state index contributed by atoms with van der Waals surface area (Å²) in [5.41, 5.74) is 0.547. The van der Waals surface area contributed by atoms with E-state index in [2.05, 4.69) is 26.6 Å². The molecule has 2 heterocycles. The highest BCUT2D eigenvalue weighted by Crippen LogP contribution is 2.09. The lowest BCUT2D eigenvalue weighted by atomic mass is 10.3. The van der Waals surface area contributed by atoms with E-state index in [1.807, 2.05) is 11.6 Å². The van der Waals surface area contributed by atoms with Gasteiger partial charge in [0.05, 0.1) is 5.56 Å². The van der Waals surface area contributed by atoms with Gasteiger partial charge in [0.1, 0.15) is 24.0 Å². The molecule has 0 saturated heterocycles. The van der Waals surface area contributed by atoms with Crippen LogP contribution in [0.3, 0.4) is 0 Å². The first kappa shape index (κ1) is 11.1. The first-order valence-electron chi connectivity index (χ1n) is 5.23. The Balaban J connectivity index is 1.95. The predicted molar refractivity (Wildman–Crippen MR) is 62.1 cm³/mol. The minimum Gasteiger partial charge on any atom is -0.369 e. The van der Waals surface area contributed by atoms with Crippen LogP contribution in [0.1, 0.15) is 11.4 Å². The molecule has 86 valence electrons. The summed E-state index contributed by atoms with van der Waals surface area (Å²) in [6, 6.07) is 5.57. The lowest BCUT2D eigenvalue weighted by Gasteiger charge is -2.06. The highest BCUT2D eigenvalue weighted by molar-refractivity contribution is 5.51. The van der Waals surface area contributed by atoms with Crippen molar-refractivity contribution < 1.29 is 0 Å². The Morgan fingerprint density at radius 2 is 2.41 bits per heavy atom. The molecule has 0 fully saturated rings. The Morgan fingerprint density at radius 1 is 1.53 bits per heavy atom. The third-order valence-electron chi connectivity index (χ3n) is 2.37. The minimum atomic E-state index is 0.547. The molecule has 1 N–H and O–H groups in total. The molecule has 17 heavy (non-hydrogen) atoms. The number of rotatable bonds is 4. The zero-order valence-electron chi connectivity index (χ0n) is 9.46. The Labute approximate surface area is 98.9 Å². The van der Waals surface area contributed by atoms with Crippen molar-refractivity contribution in [1.29, 1.82) is 5.26 Å². The van der Waals surface area contributed by atoms with Crippen LogP contribution in [0.25, 0.3) is 0 Å². The van der Waals surface area contributed by atoms with Gasteiger partial charge < -0.3 is 9.88 Å². The van der Waals surface area contributed by atoms with E-state index in [4.69, 9.17) is 5.26 Å². The number of anilines is 1. The highest BCUT2D eigenvalue weighted by atomic mass is 15.2. The lowest BCUT2D eigenvalue weighted by molar-refractivity contribution is 0.787. The van der Waals surface area contributed by atoms with Gasteiger partial charge in [-0.2, -0.15) is 5.26 Å². The first-order valence-corrected chi connectivity index (χ1v) is 5.23. The van der Waals surface area contributed by atoms with Crippen molar-refractivity contribution >= 4 is 5.82 Å². The number of aromatic nitrogens is 4. The maximum Gasteiger partial charge on any atom is 0.143 e. The van der Waals surface area contributed by atoms with Gasteiger partial charge in [-0.25, -0.2) is 4.98 Å². The van der Waals surface area contributed by atoms with Gasteiger partial charge in [0, 0.05) is 26.2 Å². The van der Waals surface area contributed by atoms with Crippen LogP contribution in [-0.4, -0.2) is 26.3 Å². The molecular weight excluding hydrogens is 216 g/mol. The Morgan fingerprint density at radius 3 is 3.12 bits per heavy atom. The lowest BCUT2D eigenvalue weighted by Crippen LogP contribution is -2.10. The second-order valence-electron chi connectivity index (χ2n) is 3.55. The van der Waals surface area contributed by atoms with Crippen molar-refractivity contribution in [3.05, 3.63) is 36.0 Å². The third kappa shape index (κ3) is 2.58. The van der Waals surface area contributed by atoms with Gasteiger partial charge in [-0.15, -0.1) is 10.2 Å². The summed E-state index contributed by atoms with van der Waals surface area (Å²) in [4.78, 5) is 4.11. The van der Waals surface area contributed by atoms with Crippen LogP contribution in [0, 0.1) is 11.3 Å². The van der Waals surface area contributed by atoms with Gasteiger partial charge in [-0.05, 0) is 12.1 Å². The monoisotopic (exact) mass is 228 g/mol. The number of nitrogens with zero attached hydrogens (tertiary/aromatic N) is 5. The van der Waals surface area contributed by atoms with E-state index in [1.54, 1.807) is 24.7 Å². The number of hydrogen-bond donors (Lipinski definition) is 1. The highest BCUT2D eigenvalue weighted by Gasteiger charge is 2.03.